The van der Waals surface area contributed by atoms with E-state index in [9.17, 15) is 9.18 Å². The normalized spacial score (nSPS) is 16.2. The van der Waals surface area contributed by atoms with Crippen molar-refractivity contribution in [3.63, 3.8) is 0 Å². The Morgan fingerprint density at radius 3 is 2.70 bits per heavy atom. The average molecular weight is 344 g/mol. The van der Waals surface area contributed by atoms with E-state index in [1.165, 1.54) is 28.8 Å². The van der Waals surface area contributed by atoms with E-state index < -0.39 is 0 Å². The molecule has 1 amide bonds. The molecule has 1 saturated heterocycles. The zero-order chi connectivity index (χ0) is 16.2. The van der Waals surface area contributed by atoms with Crippen molar-refractivity contribution in [3.8, 4) is 0 Å². The van der Waals surface area contributed by atoms with Gasteiger partial charge in [0.2, 0.25) is 0 Å². The third kappa shape index (κ3) is 3.78. The molecule has 1 heterocycles. The zero-order valence-electron chi connectivity index (χ0n) is 12.0. The largest absolute Gasteiger partial charge is 0.367 e. The van der Waals surface area contributed by atoms with Gasteiger partial charge >= 0.3 is 0 Å². The summed E-state index contributed by atoms with van der Waals surface area (Å²) in [4.78, 5) is 14.5. The third-order valence-corrected chi connectivity index (χ3v) is 4.61. The van der Waals surface area contributed by atoms with Gasteiger partial charge in [-0.1, -0.05) is 60.4 Å². The number of rotatable bonds is 4. The summed E-state index contributed by atoms with van der Waals surface area (Å²) in [5, 5.41) is 3.01. The second kappa shape index (κ2) is 6.93. The summed E-state index contributed by atoms with van der Waals surface area (Å²) in [7, 11) is 0. The van der Waals surface area contributed by atoms with Crippen LogP contribution in [0.25, 0.3) is 6.08 Å². The van der Waals surface area contributed by atoms with Crippen molar-refractivity contribution in [2.45, 2.75) is 0 Å². The Morgan fingerprint density at radius 2 is 1.96 bits per heavy atom. The minimum atomic E-state index is -0.329. The molecule has 0 aromatic heterocycles. The Morgan fingerprint density at radius 1 is 1.17 bits per heavy atom. The van der Waals surface area contributed by atoms with Gasteiger partial charge in [-0.3, -0.25) is 9.69 Å². The fraction of sp³-hybridized carbons (Fsp3) is 0.0588. The predicted octanol–water partition coefficient (Wildman–Crippen LogP) is 4.10. The first-order chi connectivity index (χ1) is 11.1. The van der Waals surface area contributed by atoms with E-state index in [1.807, 2.05) is 36.4 Å². The minimum Gasteiger partial charge on any atom is -0.367 e. The van der Waals surface area contributed by atoms with E-state index in [4.69, 9.17) is 12.2 Å². The summed E-state index contributed by atoms with van der Waals surface area (Å²) in [6, 6.07) is 15.7. The molecule has 1 aliphatic rings. The molecule has 2 aromatic rings. The monoisotopic (exact) mass is 344 g/mol. The Balaban J connectivity index is 1.70. The third-order valence-electron chi connectivity index (χ3n) is 3.24. The molecule has 3 rings (SSSR count). The number of anilines is 1. The first kappa shape index (κ1) is 15.7. The van der Waals surface area contributed by atoms with Crippen LogP contribution in [0.15, 0.2) is 59.5 Å². The Labute approximate surface area is 143 Å². The highest BCUT2D eigenvalue weighted by Crippen LogP contribution is 2.32. The van der Waals surface area contributed by atoms with Crippen LogP contribution in [0.3, 0.4) is 0 Å². The van der Waals surface area contributed by atoms with Crippen LogP contribution in [0, 0.1) is 5.82 Å². The van der Waals surface area contributed by atoms with Crippen LogP contribution in [-0.2, 0) is 4.79 Å². The number of hydrogen-bond acceptors (Lipinski definition) is 4. The molecule has 1 N–H and O–H groups in total. The van der Waals surface area contributed by atoms with Crippen LogP contribution >= 0.6 is 24.0 Å². The predicted molar refractivity (Wildman–Crippen MR) is 96.3 cm³/mol. The molecule has 0 spiro atoms. The Kier molecular flexibility index (Phi) is 4.73. The summed E-state index contributed by atoms with van der Waals surface area (Å²) in [5.41, 5.74) is 1.55. The van der Waals surface area contributed by atoms with Gasteiger partial charge in [0.05, 0.1) is 11.6 Å². The lowest BCUT2D eigenvalue weighted by molar-refractivity contribution is -0.121. The van der Waals surface area contributed by atoms with Crippen molar-refractivity contribution >= 4 is 46.0 Å². The highest BCUT2D eigenvalue weighted by atomic mass is 32.2. The molecule has 1 aliphatic heterocycles. The zero-order valence-corrected chi connectivity index (χ0v) is 13.7. The molecular weight excluding hydrogens is 331 g/mol. The SMILES string of the molecule is O=C1C(=Cc2ccccc2)SC(=S)N1CNc1cccc(F)c1. The van der Waals surface area contributed by atoms with Crippen molar-refractivity contribution in [2.75, 3.05) is 12.0 Å². The van der Waals surface area contributed by atoms with Crippen LogP contribution < -0.4 is 5.32 Å². The second-order valence-electron chi connectivity index (χ2n) is 4.87. The minimum absolute atomic E-state index is 0.146. The molecule has 0 atom stereocenters. The van der Waals surface area contributed by atoms with Crippen molar-refractivity contribution in [3.05, 3.63) is 70.9 Å². The van der Waals surface area contributed by atoms with Gasteiger partial charge in [0.1, 0.15) is 10.1 Å². The molecular formula is C17H13FN2OS2. The standard InChI is InChI=1S/C17H13FN2OS2/c18-13-7-4-8-14(10-13)19-11-20-16(21)15(23-17(20)22)9-12-5-2-1-3-6-12/h1-10,19H,11H2. The lowest BCUT2D eigenvalue weighted by atomic mass is 10.2. The van der Waals surface area contributed by atoms with E-state index in [0.29, 0.717) is 14.9 Å². The molecule has 2 aromatic carbocycles. The highest BCUT2D eigenvalue weighted by molar-refractivity contribution is 8.26. The number of benzene rings is 2. The number of carbonyl (C=O) groups excluding carboxylic acids is 1. The number of nitrogens with one attached hydrogen (secondary N) is 1. The van der Waals surface area contributed by atoms with Gasteiger partial charge in [-0.05, 0) is 29.8 Å². The first-order valence-electron chi connectivity index (χ1n) is 6.93. The highest BCUT2D eigenvalue weighted by Gasteiger charge is 2.31. The number of halogens is 1. The molecule has 0 aliphatic carbocycles. The van der Waals surface area contributed by atoms with Gasteiger partial charge in [0, 0.05) is 5.69 Å². The molecule has 0 radical (unpaired) electrons. The number of thioether (sulfide) groups is 1. The van der Waals surface area contributed by atoms with Gasteiger partial charge in [0.25, 0.3) is 5.91 Å². The maximum absolute atomic E-state index is 13.2. The van der Waals surface area contributed by atoms with Crippen LogP contribution in [-0.4, -0.2) is 21.8 Å². The number of hydrogen-bond donors (Lipinski definition) is 1. The summed E-state index contributed by atoms with van der Waals surface area (Å²) in [5.74, 6) is -0.475. The van der Waals surface area contributed by atoms with Crippen LogP contribution in [0.1, 0.15) is 5.56 Å². The lowest BCUT2D eigenvalue weighted by Gasteiger charge is -2.16. The van der Waals surface area contributed by atoms with Gasteiger partial charge in [-0.15, -0.1) is 0 Å². The number of thiocarbonyl (C=S) groups is 1. The van der Waals surface area contributed by atoms with E-state index >= 15 is 0 Å². The van der Waals surface area contributed by atoms with Gasteiger partial charge in [-0.25, -0.2) is 4.39 Å². The average Bonchev–Trinajstić information content (AvgIpc) is 2.80. The molecule has 1 fully saturated rings. The second-order valence-corrected chi connectivity index (χ2v) is 6.54. The molecule has 6 heteroatoms. The van der Waals surface area contributed by atoms with Crippen molar-refractivity contribution in [2.24, 2.45) is 0 Å². The van der Waals surface area contributed by atoms with Crippen LogP contribution in [0.2, 0.25) is 0 Å². The Hall–Kier alpha value is -2.18. The summed E-state index contributed by atoms with van der Waals surface area (Å²) in [6.45, 7) is 0.209. The van der Waals surface area contributed by atoms with Gasteiger partial charge in [0.15, 0.2) is 0 Å². The maximum Gasteiger partial charge on any atom is 0.267 e. The van der Waals surface area contributed by atoms with Crippen LogP contribution in [0.5, 0.6) is 0 Å². The first-order valence-corrected chi connectivity index (χ1v) is 8.16. The number of nitrogens with zero attached hydrogens (tertiary/aromatic N) is 1. The maximum atomic E-state index is 13.2. The Bertz CT molecular complexity index is 777. The molecule has 23 heavy (non-hydrogen) atoms. The van der Waals surface area contributed by atoms with E-state index in [-0.39, 0.29) is 18.4 Å². The van der Waals surface area contributed by atoms with Gasteiger partial charge < -0.3 is 5.32 Å². The molecule has 116 valence electrons. The van der Waals surface area contributed by atoms with E-state index in [0.717, 1.165) is 5.56 Å². The number of amides is 1. The topological polar surface area (TPSA) is 32.3 Å². The van der Waals surface area contributed by atoms with E-state index in [1.54, 1.807) is 12.1 Å². The van der Waals surface area contributed by atoms with Gasteiger partial charge in [-0.2, -0.15) is 0 Å². The smallest absolute Gasteiger partial charge is 0.267 e. The van der Waals surface area contributed by atoms with Crippen LogP contribution in [0.4, 0.5) is 10.1 Å². The fourth-order valence-electron chi connectivity index (χ4n) is 2.11. The summed E-state index contributed by atoms with van der Waals surface area (Å²) < 4.78 is 13.7. The lowest BCUT2D eigenvalue weighted by Crippen LogP contribution is -2.33. The summed E-state index contributed by atoms with van der Waals surface area (Å²) in [6.07, 6.45) is 1.82. The fourth-order valence-corrected chi connectivity index (χ4v) is 3.36. The molecule has 0 bridgehead atoms. The van der Waals surface area contributed by atoms with Crippen molar-refractivity contribution in [1.29, 1.82) is 0 Å². The van der Waals surface area contributed by atoms with Crippen molar-refractivity contribution in [1.82, 2.24) is 4.90 Å². The quantitative estimate of drug-likeness (QED) is 0.669. The molecule has 0 saturated carbocycles. The van der Waals surface area contributed by atoms with E-state index in [2.05, 4.69) is 5.32 Å². The molecule has 0 unspecified atom stereocenters. The number of carbonyl (C=O) groups is 1. The molecule has 3 nitrogen and oxygen atoms in total. The van der Waals surface area contributed by atoms with Crippen molar-refractivity contribution < 1.29 is 9.18 Å². The summed E-state index contributed by atoms with van der Waals surface area (Å²) >= 11 is 6.53.